The van der Waals surface area contributed by atoms with Gasteiger partial charge in [-0.15, -0.1) is 0 Å². The molecule has 2 rings (SSSR count). The molecule has 0 aliphatic rings. The zero-order chi connectivity index (χ0) is 14.0. The highest BCUT2D eigenvalue weighted by molar-refractivity contribution is 5.25. The summed E-state index contributed by atoms with van der Waals surface area (Å²) in [6, 6.07) is 4.77. The van der Waals surface area contributed by atoms with Crippen LogP contribution in [0.1, 0.15) is 23.1 Å². The molecule has 0 bridgehead atoms. The maximum atomic E-state index is 12.4. The first-order valence-electron chi connectivity index (χ1n) is 5.69. The molecule has 1 aromatic heterocycles. The standard InChI is InChI=1S/C13H13F3N2O/c1-18-7-6-17-12(18)11(19)8-9-2-4-10(5-3-9)13(14,15)16/h2-7,11,19H,8H2,1H3. The van der Waals surface area contributed by atoms with Gasteiger partial charge >= 0.3 is 6.18 Å². The molecule has 0 radical (unpaired) electrons. The van der Waals surface area contributed by atoms with Gasteiger partial charge in [-0.2, -0.15) is 13.2 Å². The monoisotopic (exact) mass is 270 g/mol. The van der Waals surface area contributed by atoms with Crippen LogP contribution < -0.4 is 0 Å². The smallest absolute Gasteiger partial charge is 0.385 e. The molecule has 1 N–H and O–H groups in total. The second-order valence-corrected chi connectivity index (χ2v) is 4.31. The van der Waals surface area contributed by atoms with Gasteiger partial charge in [0.25, 0.3) is 0 Å². The van der Waals surface area contributed by atoms with Gasteiger partial charge in [-0.25, -0.2) is 4.98 Å². The SMILES string of the molecule is Cn1ccnc1C(O)Cc1ccc(C(F)(F)F)cc1. The van der Waals surface area contributed by atoms with Crippen molar-refractivity contribution < 1.29 is 18.3 Å². The van der Waals surface area contributed by atoms with Crippen molar-refractivity contribution in [2.75, 3.05) is 0 Å². The lowest BCUT2D eigenvalue weighted by Gasteiger charge is -2.12. The summed E-state index contributed by atoms with van der Waals surface area (Å²) in [4.78, 5) is 4.00. The normalized spacial score (nSPS) is 13.5. The van der Waals surface area contributed by atoms with Crippen LogP contribution in [-0.4, -0.2) is 14.7 Å². The number of aliphatic hydroxyl groups is 1. The fourth-order valence-corrected chi connectivity index (χ4v) is 1.84. The van der Waals surface area contributed by atoms with Crippen molar-refractivity contribution >= 4 is 0 Å². The van der Waals surface area contributed by atoms with Gasteiger partial charge in [-0.05, 0) is 17.7 Å². The maximum absolute atomic E-state index is 12.4. The van der Waals surface area contributed by atoms with E-state index in [4.69, 9.17) is 0 Å². The van der Waals surface area contributed by atoms with Gasteiger partial charge in [0, 0.05) is 25.9 Å². The number of hydrogen-bond donors (Lipinski definition) is 1. The third kappa shape index (κ3) is 3.14. The Hall–Kier alpha value is -1.82. The number of nitrogens with zero attached hydrogens (tertiary/aromatic N) is 2. The summed E-state index contributed by atoms with van der Waals surface area (Å²) < 4.78 is 38.9. The van der Waals surface area contributed by atoms with Crippen molar-refractivity contribution in [3.05, 3.63) is 53.6 Å². The third-order valence-corrected chi connectivity index (χ3v) is 2.87. The summed E-state index contributed by atoms with van der Waals surface area (Å²) >= 11 is 0. The van der Waals surface area contributed by atoms with Crippen LogP contribution in [0.2, 0.25) is 0 Å². The van der Waals surface area contributed by atoms with Gasteiger partial charge < -0.3 is 9.67 Å². The average molecular weight is 270 g/mol. The number of benzene rings is 1. The minimum atomic E-state index is -4.34. The molecule has 0 aliphatic carbocycles. The number of aryl methyl sites for hydroxylation is 1. The van der Waals surface area contributed by atoms with Crippen molar-refractivity contribution in [1.29, 1.82) is 0 Å². The molecule has 0 saturated carbocycles. The number of alkyl halides is 3. The summed E-state index contributed by atoms with van der Waals surface area (Å²) in [5.74, 6) is 0.486. The van der Waals surface area contributed by atoms with Crippen LogP contribution in [0, 0.1) is 0 Å². The Bertz CT molecular complexity index is 546. The quantitative estimate of drug-likeness (QED) is 0.931. The average Bonchev–Trinajstić information content (AvgIpc) is 2.75. The van der Waals surface area contributed by atoms with Gasteiger partial charge in [0.2, 0.25) is 0 Å². The summed E-state index contributed by atoms with van der Waals surface area (Å²) in [6.07, 6.45) is -1.69. The van der Waals surface area contributed by atoms with Crippen LogP contribution >= 0.6 is 0 Å². The summed E-state index contributed by atoms with van der Waals surface area (Å²) in [5.41, 5.74) is -0.0637. The molecule has 0 amide bonds. The topological polar surface area (TPSA) is 38.0 Å². The molecule has 0 saturated heterocycles. The lowest BCUT2D eigenvalue weighted by Crippen LogP contribution is -2.09. The molecule has 0 fully saturated rings. The fraction of sp³-hybridized carbons (Fsp3) is 0.308. The van der Waals surface area contributed by atoms with Gasteiger partial charge in [-0.1, -0.05) is 12.1 Å². The highest BCUT2D eigenvalue weighted by atomic mass is 19.4. The molecule has 102 valence electrons. The molecule has 3 nitrogen and oxygen atoms in total. The molecule has 1 aromatic carbocycles. The van der Waals surface area contributed by atoms with Gasteiger partial charge in [0.05, 0.1) is 5.56 Å². The van der Waals surface area contributed by atoms with E-state index in [1.54, 1.807) is 24.0 Å². The highest BCUT2D eigenvalue weighted by Crippen LogP contribution is 2.29. The Morgan fingerprint density at radius 1 is 1.26 bits per heavy atom. The van der Waals surface area contributed by atoms with Crippen LogP contribution in [0.5, 0.6) is 0 Å². The first kappa shape index (κ1) is 13.6. The number of hydrogen-bond acceptors (Lipinski definition) is 2. The second kappa shape index (κ2) is 5.05. The van der Waals surface area contributed by atoms with Crippen molar-refractivity contribution in [2.45, 2.75) is 18.7 Å². The van der Waals surface area contributed by atoms with Gasteiger partial charge in [0.15, 0.2) is 0 Å². The van der Waals surface area contributed by atoms with Crippen LogP contribution in [0.3, 0.4) is 0 Å². The number of aliphatic hydroxyl groups excluding tert-OH is 1. The Morgan fingerprint density at radius 2 is 1.89 bits per heavy atom. The largest absolute Gasteiger partial charge is 0.416 e. The Balaban J connectivity index is 2.10. The van der Waals surface area contributed by atoms with E-state index in [2.05, 4.69) is 4.98 Å². The molecule has 1 heterocycles. The Morgan fingerprint density at radius 3 is 2.37 bits per heavy atom. The summed E-state index contributed by atoms with van der Waals surface area (Å²) in [5, 5.41) is 9.97. The molecule has 1 unspecified atom stereocenters. The number of rotatable bonds is 3. The lowest BCUT2D eigenvalue weighted by molar-refractivity contribution is -0.137. The molecule has 2 aromatic rings. The Kier molecular flexibility index (Phi) is 3.61. The number of aromatic nitrogens is 2. The van der Waals surface area contributed by atoms with Crippen molar-refractivity contribution in [3.63, 3.8) is 0 Å². The van der Waals surface area contributed by atoms with Gasteiger partial charge in [-0.3, -0.25) is 0 Å². The predicted octanol–water partition coefficient (Wildman–Crippen LogP) is 2.72. The third-order valence-electron chi connectivity index (χ3n) is 2.87. The van der Waals surface area contributed by atoms with E-state index in [-0.39, 0.29) is 6.42 Å². The van der Waals surface area contributed by atoms with Gasteiger partial charge in [0.1, 0.15) is 11.9 Å². The first-order valence-corrected chi connectivity index (χ1v) is 5.69. The summed E-state index contributed by atoms with van der Waals surface area (Å²) in [7, 11) is 1.75. The van der Waals surface area contributed by atoms with E-state index in [0.717, 1.165) is 12.1 Å². The van der Waals surface area contributed by atoms with E-state index in [1.165, 1.54) is 12.1 Å². The van der Waals surface area contributed by atoms with E-state index in [1.807, 2.05) is 0 Å². The van der Waals surface area contributed by atoms with Crippen molar-refractivity contribution in [1.82, 2.24) is 9.55 Å². The molecule has 19 heavy (non-hydrogen) atoms. The minimum absolute atomic E-state index is 0.225. The van der Waals surface area contributed by atoms with Crippen molar-refractivity contribution in [3.8, 4) is 0 Å². The molecular formula is C13H13F3N2O. The molecule has 0 aliphatic heterocycles. The zero-order valence-electron chi connectivity index (χ0n) is 10.2. The van der Waals surface area contributed by atoms with Crippen LogP contribution in [0.4, 0.5) is 13.2 Å². The van der Waals surface area contributed by atoms with Crippen LogP contribution in [-0.2, 0) is 19.6 Å². The first-order chi connectivity index (χ1) is 8.88. The van der Waals surface area contributed by atoms with E-state index in [9.17, 15) is 18.3 Å². The van der Waals surface area contributed by atoms with E-state index >= 15 is 0 Å². The number of halogens is 3. The van der Waals surface area contributed by atoms with Crippen LogP contribution in [0.15, 0.2) is 36.7 Å². The maximum Gasteiger partial charge on any atom is 0.416 e. The Labute approximate surface area is 108 Å². The predicted molar refractivity (Wildman–Crippen MR) is 63.3 cm³/mol. The molecule has 6 heteroatoms. The zero-order valence-corrected chi connectivity index (χ0v) is 10.2. The fourth-order valence-electron chi connectivity index (χ4n) is 1.84. The minimum Gasteiger partial charge on any atom is -0.385 e. The number of imidazole rings is 1. The lowest BCUT2D eigenvalue weighted by atomic mass is 10.1. The summed E-state index contributed by atoms with van der Waals surface area (Å²) in [6.45, 7) is 0. The second-order valence-electron chi connectivity index (χ2n) is 4.31. The molecular weight excluding hydrogens is 257 g/mol. The highest BCUT2D eigenvalue weighted by Gasteiger charge is 2.30. The van der Waals surface area contributed by atoms with E-state index in [0.29, 0.717) is 11.4 Å². The van der Waals surface area contributed by atoms with E-state index < -0.39 is 17.8 Å². The molecule has 0 spiro atoms. The molecule has 1 atom stereocenters. The van der Waals surface area contributed by atoms with Crippen molar-refractivity contribution in [2.24, 2.45) is 7.05 Å². The van der Waals surface area contributed by atoms with Crippen LogP contribution in [0.25, 0.3) is 0 Å².